The van der Waals surface area contributed by atoms with Gasteiger partial charge in [-0.2, -0.15) is 18.3 Å². The molecule has 0 saturated carbocycles. The van der Waals surface area contributed by atoms with Crippen LogP contribution in [0, 0.1) is 0 Å². The molecule has 0 aliphatic carbocycles. The van der Waals surface area contributed by atoms with Crippen LogP contribution in [0.25, 0.3) is 0 Å². The van der Waals surface area contributed by atoms with E-state index in [4.69, 9.17) is 11.6 Å². The van der Waals surface area contributed by atoms with E-state index in [9.17, 15) is 22.8 Å². The first-order chi connectivity index (χ1) is 16.5. The predicted molar refractivity (Wildman–Crippen MR) is 132 cm³/mol. The Bertz CT molecular complexity index is 1280. The van der Waals surface area contributed by atoms with Gasteiger partial charge in [0.25, 0.3) is 0 Å². The molecule has 3 aromatic rings. The van der Waals surface area contributed by atoms with Crippen LogP contribution in [0.15, 0.2) is 88.4 Å². The van der Waals surface area contributed by atoms with Gasteiger partial charge in [0.05, 0.1) is 23.4 Å². The van der Waals surface area contributed by atoms with E-state index in [0.717, 1.165) is 10.6 Å². The Morgan fingerprint density at radius 3 is 2.17 bits per heavy atom. The molecule has 1 unspecified atom stereocenters. The SMILES string of the molecule is CC1(c2ccccc2)CN(C(=O)N(C(=O)C(F)(F)F)c2ccc(Br)cc2)N=C1c1ccc(Cl)cc1. The summed E-state index contributed by atoms with van der Waals surface area (Å²) in [5.74, 6) is -2.30. The highest BCUT2D eigenvalue weighted by atomic mass is 79.9. The first kappa shape index (κ1) is 24.9. The van der Waals surface area contributed by atoms with E-state index in [-0.39, 0.29) is 17.1 Å². The van der Waals surface area contributed by atoms with Gasteiger partial charge in [-0.05, 0) is 54.4 Å². The van der Waals surface area contributed by atoms with Crippen LogP contribution in [0.5, 0.6) is 0 Å². The third-order valence-electron chi connectivity index (χ3n) is 5.68. The van der Waals surface area contributed by atoms with Gasteiger partial charge in [-0.3, -0.25) is 4.79 Å². The van der Waals surface area contributed by atoms with Crippen LogP contribution >= 0.6 is 27.5 Å². The van der Waals surface area contributed by atoms with Crippen molar-refractivity contribution >= 4 is 50.9 Å². The highest BCUT2D eigenvalue weighted by Crippen LogP contribution is 2.37. The van der Waals surface area contributed by atoms with Crippen LogP contribution in [0.1, 0.15) is 18.1 Å². The molecule has 5 nitrogen and oxygen atoms in total. The molecule has 3 amide bonds. The number of anilines is 1. The summed E-state index contributed by atoms with van der Waals surface area (Å²) >= 11 is 9.23. The first-order valence-electron chi connectivity index (χ1n) is 10.4. The zero-order valence-electron chi connectivity index (χ0n) is 18.3. The minimum absolute atomic E-state index is 0.0774. The highest BCUT2D eigenvalue weighted by molar-refractivity contribution is 9.10. The molecule has 1 heterocycles. The minimum Gasteiger partial charge on any atom is -0.263 e. The Morgan fingerprint density at radius 1 is 1.00 bits per heavy atom. The Hall–Kier alpha value is -3.17. The lowest BCUT2D eigenvalue weighted by Gasteiger charge is -2.29. The molecule has 4 rings (SSSR count). The molecule has 0 N–H and O–H groups in total. The molecule has 1 aliphatic heterocycles. The number of hydrazone groups is 1. The lowest BCUT2D eigenvalue weighted by Crippen LogP contribution is -2.50. The molecule has 0 radical (unpaired) electrons. The van der Waals surface area contributed by atoms with Gasteiger partial charge in [-0.15, -0.1) is 0 Å². The third-order valence-corrected chi connectivity index (χ3v) is 6.46. The van der Waals surface area contributed by atoms with Crippen molar-refractivity contribution in [2.75, 3.05) is 11.4 Å². The molecule has 3 aromatic carbocycles. The monoisotopic (exact) mass is 563 g/mol. The van der Waals surface area contributed by atoms with Gasteiger partial charge >= 0.3 is 18.1 Å². The van der Waals surface area contributed by atoms with Gasteiger partial charge in [0, 0.05) is 9.50 Å². The summed E-state index contributed by atoms with van der Waals surface area (Å²) in [6, 6.07) is 20.2. The molecule has 0 saturated heterocycles. The average Bonchev–Trinajstić information content (AvgIpc) is 3.19. The van der Waals surface area contributed by atoms with Crippen LogP contribution in [-0.4, -0.2) is 35.4 Å². The number of carbonyl (C=O) groups excluding carboxylic acids is 2. The Kier molecular flexibility index (Phi) is 6.75. The van der Waals surface area contributed by atoms with Crippen LogP contribution in [0.4, 0.5) is 23.7 Å². The lowest BCUT2D eigenvalue weighted by molar-refractivity contribution is -0.169. The van der Waals surface area contributed by atoms with Crippen molar-refractivity contribution in [2.24, 2.45) is 5.10 Å². The van der Waals surface area contributed by atoms with Crippen molar-refractivity contribution in [3.05, 3.63) is 99.5 Å². The zero-order valence-corrected chi connectivity index (χ0v) is 20.6. The van der Waals surface area contributed by atoms with Crippen LogP contribution in [-0.2, 0) is 10.2 Å². The Balaban J connectivity index is 1.81. The number of imide groups is 1. The van der Waals surface area contributed by atoms with E-state index in [0.29, 0.717) is 20.8 Å². The van der Waals surface area contributed by atoms with Crippen molar-refractivity contribution in [3.63, 3.8) is 0 Å². The number of urea groups is 1. The van der Waals surface area contributed by atoms with Crippen LogP contribution in [0.2, 0.25) is 5.02 Å². The van der Waals surface area contributed by atoms with Crippen molar-refractivity contribution < 1.29 is 22.8 Å². The number of halogens is 5. The van der Waals surface area contributed by atoms with Gasteiger partial charge in [-0.25, -0.2) is 14.7 Å². The van der Waals surface area contributed by atoms with E-state index in [2.05, 4.69) is 21.0 Å². The van der Waals surface area contributed by atoms with E-state index in [1.807, 2.05) is 37.3 Å². The molecule has 35 heavy (non-hydrogen) atoms. The summed E-state index contributed by atoms with van der Waals surface area (Å²) in [6.45, 7) is 1.77. The standard InChI is InChI=1S/C25H18BrClF3N3O2/c1-24(17-5-3-2-4-6-17)15-32(31-21(24)16-7-11-19(27)12-8-16)23(35)33(22(34)25(28,29)30)20-13-9-18(26)10-14-20/h2-14H,15H2,1H3. The van der Waals surface area contributed by atoms with Crippen molar-refractivity contribution in [1.29, 1.82) is 0 Å². The van der Waals surface area contributed by atoms with Gasteiger partial charge in [0.15, 0.2) is 0 Å². The van der Waals surface area contributed by atoms with Crippen molar-refractivity contribution in [2.45, 2.75) is 18.5 Å². The molecule has 0 aromatic heterocycles. The number of amides is 3. The maximum Gasteiger partial charge on any atom is 0.472 e. The Labute approximate surface area is 212 Å². The molecule has 0 fully saturated rings. The molecule has 1 atom stereocenters. The fourth-order valence-electron chi connectivity index (χ4n) is 3.92. The number of hydrogen-bond donors (Lipinski definition) is 0. The average molecular weight is 565 g/mol. The molecule has 1 aliphatic rings. The number of rotatable bonds is 3. The molecule has 180 valence electrons. The summed E-state index contributed by atoms with van der Waals surface area (Å²) in [4.78, 5) is 25.9. The van der Waals surface area contributed by atoms with E-state index < -0.39 is 23.5 Å². The number of hydrogen-bond acceptors (Lipinski definition) is 3. The quantitative estimate of drug-likeness (QED) is 0.352. The molecule has 0 bridgehead atoms. The number of benzene rings is 3. The lowest BCUT2D eigenvalue weighted by atomic mass is 9.76. The summed E-state index contributed by atoms with van der Waals surface area (Å²) < 4.78 is 41.0. The highest BCUT2D eigenvalue weighted by Gasteiger charge is 2.49. The van der Waals surface area contributed by atoms with Gasteiger partial charge < -0.3 is 0 Å². The number of alkyl halides is 3. The minimum atomic E-state index is -5.27. The zero-order chi connectivity index (χ0) is 25.4. The fraction of sp³-hybridized carbons (Fsp3) is 0.160. The maximum absolute atomic E-state index is 13.5. The second-order valence-electron chi connectivity index (χ2n) is 8.11. The van der Waals surface area contributed by atoms with Gasteiger partial charge in [0.2, 0.25) is 0 Å². The topological polar surface area (TPSA) is 53.0 Å². The number of nitrogens with zero attached hydrogens (tertiary/aromatic N) is 3. The third kappa shape index (κ3) is 4.97. The normalized spacial score (nSPS) is 17.8. The first-order valence-corrected chi connectivity index (χ1v) is 11.6. The summed E-state index contributed by atoms with van der Waals surface area (Å²) in [7, 11) is 0. The molecule has 0 spiro atoms. The summed E-state index contributed by atoms with van der Waals surface area (Å²) in [5.41, 5.74) is 0.827. The summed E-state index contributed by atoms with van der Waals surface area (Å²) in [6.07, 6.45) is -5.27. The molecule has 10 heteroatoms. The second kappa shape index (κ2) is 9.47. The van der Waals surface area contributed by atoms with Gasteiger partial charge in [-0.1, -0.05) is 70.0 Å². The maximum atomic E-state index is 13.5. The van der Waals surface area contributed by atoms with E-state index in [1.165, 1.54) is 24.3 Å². The van der Waals surface area contributed by atoms with Crippen LogP contribution < -0.4 is 4.90 Å². The molecular weight excluding hydrogens is 547 g/mol. The number of carbonyl (C=O) groups is 2. The summed E-state index contributed by atoms with van der Waals surface area (Å²) in [5, 5.41) is 5.84. The second-order valence-corrected chi connectivity index (χ2v) is 9.46. The fourth-order valence-corrected chi connectivity index (χ4v) is 4.31. The Morgan fingerprint density at radius 2 is 1.60 bits per heavy atom. The van der Waals surface area contributed by atoms with Crippen LogP contribution in [0.3, 0.4) is 0 Å². The molecular formula is C25H18BrClF3N3O2. The van der Waals surface area contributed by atoms with Gasteiger partial charge in [0.1, 0.15) is 0 Å². The smallest absolute Gasteiger partial charge is 0.263 e. The van der Waals surface area contributed by atoms with Crippen molar-refractivity contribution in [1.82, 2.24) is 5.01 Å². The van der Waals surface area contributed by atoms with E-state index in [1.54, 1.807) is 24.3 Å². The predicted octanol–water partition coefficient (Wildman–Crippen LogP) is 6.80. The largest absolute Gasteiger partial charge is 0.472 e. The van der Waals surface area contributed by atoms with Crippen molar-refractivity contribution in [3.8, 4) is 0 Å². The van der Waals surface area contributed by atoms with E-state index >= 15 is 0 Å².